The van der Waals surface area contributed by atoms with Gasteiger partial charge in [-0.2, -0.15) is 5.10 Å². The molecule has 0 unspecified atom stereocenters. The Kier molecular flexibility index (Phi) is 4.22. The predicted octanol–water partition coefficient (Wildman–Crippen LogP) is 2.43. The number of rotatable bonds is 2. The summed E-state index contributed by atoms with van der Waals surface area (Å²) in [5.41, 5.74) is 0.583. The van der Waals surface area contributed by atoms with Crippen molar-refractivity contribution in [3.63, 3.8) is 0 Å². The third-order valence-corrected chi connectivity index (χ3v) is 4.26. The molecule has 2 aromatic rings. The van der Waals surface area contributed by atoms with Crippen LogP contribution in [0.25, 0.3) is 10.9 Å². The van der Waals surface area contributed by atoms with Crippen LogP contribution in [0.3, 0.4) is 0 Å². The Bertz CT molecular complexity index is 743. The first-order valence-electron chi connectivity index (χ1n) is 8.01. The van der Waals surface area contributed by atoms with Crippen LogP contribution in [0.4, 0.5) is 0 Å². The summed E-state index contributed by atoms with van der Waals surface area (Å²) < 4.78 is 1.74. The van der Waals surface area contributed by atoms with E-state index >= 15 is 0 Å². The number of benzene rings is 1. The molecule has 2 heterocycles. The lowest BCUT2D eigenvalue weighted by atomic mass is 10.2. The number of para-hydroxylation sites is 1. The van der Waals surface area contributed by atoms with Gasteiger partial charge in [0.2, 0.25) is 5.43 Å². The molecule has 116 valence electrons. The van der Waals surface area contributed by atoms with E-state index in [1.165, 1.54) is 0 Å². The van der Waals surface area contributed by atoms with Gasteiger partial charge in [0.25, 0.3) is 5.91 Å². The minimum atomic E-state index is -0.255. The summed E-state index contributed by atoms with van der Waals surface area (Å²) in [4.78, 5) is 27.2. The number of fused-ring (bicyclic) bond motifs is 1. The van der Waals surface area contributed by atoms with Gasteiger partial charge in [-0.3, -0.25) is 14.3 Å². The average Bonchev–Trinajstić information content (AvgIpc) is 2.84. The lowest BCUT2D eigenvalue weighted by Gasteiger charge is -2.20. The molecular weight excluding hydrogens is 278 g/mol. The summed E-state index contributed by atoms with van der Waals surface area (Å²) in [6.07, 6.45) is 4.30. The van der Waals surface area contributed by atoms with Crippen molar-refractivity contribution in [2.45, 2.75) is 39.2 Å². The summed E-state index contributed by atoms with van der Waals surface area (Å²) in [6, 6.07) is 7.34. The van der Waals surface area contributed by atoms with Crippen molar-refractivity contribution in [3.8, 4) is 0 Å². The highest BCUT2D eigenvalue weighted by Crippen LogP contribution is 2.14. The normalized spacial score (nSPS) is 15.8. The Morgan fingerprint density at radius 2 is 1.82 bits per heavy atom. The van der Waals surface area contributed by atoms with Crippen LogP contribution in [0, 0.1) is 0 Å². The van der Waals surface area contributed by atoms with E-state index in [4.69, 9.17) is 0 Å². The molecular formula is C17H21N3O2. The van der Waals surface area contributed by atoms with Crippen LogP contribution in [0.1, 0.15) is 43.1 Å². The largest absolute Gasteiger partial charge is 0.337 e. The SMILES string of the molecule is CCn1nc(C(=O)N2CCCCCC2)c(=O)c2ccccc21. The highest BCUT2D eigenvalue weighted by atomic mass is 16.2. The number of carbonyl (C=O) groups is 1. The van der Waals surface area contributed by atoms with E-state index in [1.54, 1.807) is 15.6 Å². The van der Waals surface area contributed by atoms with Gasteiger partial charge < -0.3 is 4.90 Å². The van der Waals surface area contributed by atoms with Gasteiger partial charge in [-0.15, -0.1) is 0 Å². The summed E-state index contributed by atoms with van der Waals surface area (Å²) in [6.45, 7) is 4.03. The minimum Gasteiger partial charge on any atom is -0.337 e. The second-order valence-corrected chi connectivity index (χ2v) is 5.72. The van der Waals surface area contributed by atoms with Gasteiger partial charge in [0.15, 0.2) is 5.69 Å². The minimum absolute atomic E-state index is 0.0578. The molecule has 0 N–H and O–H groups in total. The molecule has 0 radical (unpaired) electrons. The van der Waals surface area contributed by atoms with Crippen molar-refractivity contribution < 1.29 is 4.79 Å². The molecule has 0 spiro atoms. The van der Waals surface area contributed by atoms with E-state index < -0.39 is 0 Å². The number of aryl methyl sites for hydroxylation is 1. The second kappa shape index (κ2) is 6.30. The lowest BCUT2D eigenvalue weighted by molar-refractivity contribution is 0.0752. The van der Waals surface area contributed by atoms with Crippen molar-refractivity contribution in [3.05, 3.63) is 40.2 Å². The molecule has 22 heavy (non-hydrogen) atoms. The van der Waals surface area contributed by atoms with Crippen LogP contribution in [0.2, 0.25) is 0 Å². The molecule has 1 fully saturated rings. The van der Waals surface area contributed by atoms with Crippen LogP contribution in [0.5, 0.6) is 0 Å². The quantitative estimate of drug-likeness (QED) is 0.856. The molecule has 1 saturated heterocycles. The van der Waals surface area contributed by atoms with Gasteiger partial charge >= 0.3 is 0 Å². The fourth-order valence-electron chi connectivity index (χ4n) is 3.04. The van der Waals surface area contributed by atoms with Crippen LogP contribution in [-0.2, 0) is 6.54 Å². The van der Waals surface area contributed by atoms with Crippen LogP contribution < -0.4 is 5.43 Å². The smallest absolute Gasteiger partial charge is 0.278 e. The number of hydrogen-bond acceptors (Lipinski definition) is 3. The molecule has 0 bridgehead atoms. The summed E-state index contributed by atoms with van der Waals surface area (Å²) in [7, 11) is 0. The number of likely N-dealkylation sites (tertiary alicyclic amines) is 1. The van der Waals surface area contributed by atoms with Crippen molar-refractivity contribution in [1.82, 2.24) is 14.7 Å². The van der Waals surface area contributed by atoms with E-state index in [2.05, 4.69) is 5.10 Å². The van der Waals surface area contributed by atoms with Gasteiger partial charge in [-0.05, 0) is 31.9 Å². The number of carbonyl (C=O) groups excluding carboxylic acids is 1. The van der Waals surface area contributed by atoms with Crippen molar-refractivity contribution >= 4 is 16.8 Å². The molecule has 0 saturated carbocycles. The second-order valence-electron chi connectivity index (χ2n) is 5.72. The maximum Gasteiger partial charge on any atom is 0.278 e. The van der Waals surface area contributed by atoms with Gasteiger partial charge in [0.05, 0.1) is 5.52 Å². The standard InChI is InChI=1S/C17H21N3O2/c1-2-20-14-10-6-5-9-13(14)16(21)15(18-20)17(22)19-11-7-3-4-8-12-19/h5-6,9-10H,2-4,7-8,11-12H2,1H3. The van der Waals surface area contributed by atoms with E-state index in [0.29, 0.717) is 11.9 Å². The van der Waals surface area contributed by atoms with E-state index in [1.807, 2.05) is 25.1 Å². The van der Waals surface area contributed by atoms with Gasteiger partial charge in [-0.25, -0.2) is 0 Å². The summed E-state index contributed by atoms with van der Waals surface area (Å²) in [5, 5.41) is 4.90. The van der Waals surface area contributed by atoms with Crippen molar-refractivity contribution in [2.75, 3.05) is 13.1 Å². The van der Waals surface area contributed by atoms with Crippen LogP contribution >= 0.6 is 0 Å². The van der Waals surface area contributed by atoms with Crippen LogP contribution in [0.15, 0.2) is 29.1 Å². The number of aromatic nitrogens is 2. The van der Waals surface area contributed by atoms with E-state index in [0.717, 1.165) is 44.3 Å². The molecule has 5 nitrogen and oxygen atoms in total. The number of amides is 1. The third kappa shape index (κ3) is 2.63. The predicted molar refractivity (Wildman–Crippen MR) is 86.0 cm³/mol. The number of hydrogen-bond donors (Lipinski definition) is 0. The third-order valence-electron chi connectivity index (χ3n) is 4.26. The Morgan fingerprint density at radius 3 is 2.50 bits per heavy atom. The molecule has 1 aromatic heterocycles. The van der Waals surface area contributed by atoms with Crippen molar-refractivity contribution in [2.24, 2.45) is 0 Å². The maximum absolute atomic E-state index is 12.7. The van der Waals surface area contributed by atoms with Gasteiger partial charge in [-0.1, -0.05) is 25.0 Å². The molecule has 0 aliphatic carbocycles. The van der Waals surface area contributed by atoms with Crippen LogP contribution in [-0.4, -0.2) is 33.7 Å². The molecule has 1 amide bonds. The van der Waals surface area contributed by atoms with E-state index in [-0.39, 0.29) is 17.0 Å². The summed E-state index contributed by atoms with van der Waals surface area (Å²) in [5.74, 6) is -0.222. The maximum atomic E-state index is 12.7. The average molecular weight is 299 g/mol. The monoisotopic (exact) mass is 299 g/mol. The fraction of sp³-hybridized carbons (Fsp3) is 0.471. The van der Waals surface area contributed by atoms with Crippen molar-refractivity contribution in [1.29, 1.82) is 0 Å². The molecule has 1 aliphatic rings. The highest BCUT2D eigenvalue weighted by Gasteiger charge is 2.23. The summed E-state index contributed by atoms with van der Waals surface area (Å²) >= 11 is 0. The highest BCUT2D eigenvalue weighted by molar-refractivity contribution is 5.95. The first-order valence-corrected chi connectivity index (χ1v) is 8.01. The molecule has 1 aromatic carbocycles. The molecule has 1 aliphatic heterocycles. The Morgan fingerprint density at radius 1 is 1.14 bits per heavy atom. The zero-order chi connectivity index (χ0) is 15.5. The Hall–Kier alpha value is -2.17. The Labute approximate surface area is 129 Å². The lowest BCUT2D eigenvalue weighted by Crippen LogP contribution is -2.37. The zero-order valence-corrected chi connectivity index (χ0v) is 12.9. The molecule has 0 atom stereocenters. The zero-order valence-electron chi connectivity index (χ0n) is 12.9. The molecule has 5 heteroatoms. The first kappa shape index (κ1) is 14.8. The fourth-order valence-corrected chi connectivity index (χ4v) is 3.04. The van der Waals surface area contributed by atoms with E-state index in [9.17, 15) is 9.59 Å². The van der Waals surface area contributed by atoms with Gasteiger partial charge in [0.1, 0.15) is 0 Å². The van der Waals surface area contributed by atoms with Gasteiger partial charge in [0, 0.05) is 25.0 Å². The topological polar surface area (TPSA) is 55.2 Å². The molecule has 3 rings (SSSR count). The number of nitrogens with zero attached hydrogens (tertiary/aromatic N) is 3. The Balaban J connectivity index is 2.08. The first-order chi connectivity index (χ1) is 10.7.